The fourth-order valence-electron chi connectivity index (χ4n) is 2.32. The van der Waals surface area contributed by atoms with E-state index in [1.807, 2.05) is 0 Å². The Morgan fingerprint density at radius 1 is 1.29 bits per heavy atom. The third-order valence-electron chi connectivity index (χ3n) is 3.63. The fourth-order valence-corrected chi connectivity index (χ4v) is 2.32. The average molecular weight is 230 g/mol. The molecule has 1 aromatic rings. The Bertz CT molecular complexity index is 446. The second kappa shape index (κ2) is 3.84. The summed E-state index contributed by atoms with van der Waals surface area (Å²) < 4.78 is 0. The molecule has 1 fully saturated rings. The Morgan fingerprint density at radius 2 is 2.00 bits per heavy atom. The second-order valence-electron chi connectivity index (χ2n) is 5.22. The van der Waals surface area contributed by atoms with Crippen molar-refractivity contribution in [1.82, 2.24) is 4.90 Å². The number of benzene rings is 1. The largest absolute Gasteiger partial charge is 0.390 e. The van der Waals surface area contributed by atoms with E-state index in [4.69, 9.17) is 0 Å². The minimum absolute atomic E-state index is 0.400. The quantitative estimate of drug-likeness (QED) is 0.853. The van der Waals surface area contributed by atoms with Crippen LogP contribution in [0, 0.1) is 0 Å². The van der Waals surface area contributed by atoms with E-state index in [-0.39, 0.29) is 0 Å². The van der Waals surface area contributed by atoms with Gasteiger partial charge in [-0.1, -0.05) is 24.3 Å². The normalized spacial score (nSPS) is 21.5. The van der Waals surface area contributed by atoms with E-state index < -0.39 is 5.60 Å². The van der Waals surface area contributed by atoms with Crippen molar-refractivity contribution in [3.8, 4) is 0 Å². The van der Waals surface area contributed by atoms with Crippen LogP contribution in [0.4, 0.5) is 0 Å². The molecule has 1 aromatic carbocycles. The lowest BCUT2D eigenvalue weighted by atomic mass is 10.0. The lowest BCUT2D eigenvalue weighted by Gasteiger charge is -2.14. The maximum atomic E-state index is 9.87. The van der Waals surface area contributed by atoms with Crippen molar-refractivity contribution in [1.29, 1.82) is 0 Å². The van der Waals surface area contributed by atoms with Gasteiger partial charge >= 0.3 is 0 Å². The van der Waals surface area contributed by atoms with Crippen molar-refractivity contribution >= 4 is 5.84 Å². The maximum absolute atomic E-state index is 9.87. The van der Waals surface area contributed by atoms with Crippen molar-refractivity contribution in [3.05, 3.63) is 35.4 Å². The van der Waals surface area contributed by atoms with Crippen LogP contribution in [0.1, 0.15) is 24.0 Å². The van der Waals surface area contributed by atoms with E-state index in [1.54, 1.807) is 0 Å². The van der Waals surface area contributed by atoms with Crippen LogP contribution < -0.4 is 0 Å². The Labute approximate surface area is 102 Å². The average Bonchev–Trinajstić information content (AvgIpc) is 2.87. The van der Waals surface area contributed by atoms with Crippen LogP contribution in [-0.2, 0) is 6.42 Å². The number of hydrogen-bond donors (Lipinski definition) is 1. The summed E-state index contributed by atoms with van der Waals surface area (Å²) in [5, 5.41) is 9.87. The van der Waals surface area contributed by atoms with Crippen molar-refractivity contribution in [2.24, 2.45) is 4.99 Å². The summed E-state index contributed by atoms with van der Waals surface area (Å²) in [5.74, 6) is 1.08. The van der Waals surface area contributed by atoms with Gasteiger partial charge in [-0.25, -0.2) is 0 Å². The number of aliphatic imine (C=N–C) groups is 1. The van der Waals surface area contributed by atoms with E-state index in [9.17, 15) is 5.11 Å². The predicted molar refractivity (Wildman–Crippen MR) is 68.4 cm³/mol. The zero-order chi connectivity index (χ0) is 11.9. The molecule has 0 spiro atoms. The first kappa shape index (κ1) is 10.8. The standard InChI is InChI=1S/C14H18N2O/c1-16-9-8-15-13(16)12-4-2-11(3-5-12)10-14(17)6-7-14/h2-5,17H,6-10H2,1H3. The zero-order valence-electron chi connectivity index (χ0n) is 10.2. The summed E-state index contributed by atoms with van der Waals surface area (Å²) in [6.45, 7) is 1.91. The lowest BCUT2D eigenvalue weighted by molar-refractivity contribution is 0.151. The first-order valence-corrected chi connectivity index (χ1v) is 6.24. The molecule has 0 radical (unpaired) electrons. The van der Waals surface area contributed by atoms with Crippen LogP contribution in [0.25, 0.3) is 0 Å². The number of hydrogen-bond acceptors (Lipinski definition) is 3. The minimum atomic E-state index is -0.400. The molecule has 0 atom stereocenters. The van der Waals surface area contributed by atoms with Crippen LogP contribution in [0.15, 0.2) is 29.3 Å². The van der Waals surface area contributed by atoms with Gasteiger partial charge in [0.25, 0.3) is 0 Å². The van der Waals surface area contributed by atoms with Crippen molar-refractivity contribution in [2.45, 2.75) is 24.9 Å². The molecule has 1 saturated carbocycles. The maximum Gasteiger partial charge on any atom is 0.130 e. The van der Waals surface area contributed by atoms with Gasteiger partial charge in [0.15, 0.2) is 0 Å². The number of likely N-dealkylation sites (N-methyl/N-ethyl adjacent to an activating group) is 1. The van der Waals surface area contributed by atoms with Gasteiger partial charge in [-0.3, -0.25) is 4.99 Å². The van der Waals surface area contributed by atoms with Crippen LogP contribution in [0.5, 0.6) is 0 Å². The highest BCUT2D eigenvalue weighted by molar-refractivity contribution is 5.99. The minimum Gasteiger partial charge on any atom is -0.390 e. The summed E-state index contributed by atoms with van der Waals surface area (Å²) in [5.41, 5.74) is 2.00. The van der Waals surface area contributed by atoms with Gasteiger partial charge in [-0.15, -0.1) is 0 Å². The monoisotopic (exact) mass is 230 g/mol. The molecule has 3 nitrogen and oxygen atoms in total. The Balaban J connectivity index is 1.75. The Hall–Kier alpha value is -1.35. The number of rotatable bonds is 3. The number of nitrogens with zero attached hydrogens (tertiary/aromatic N) is 2. The molecule has 17 heavy (non-hydrogen) atoms. The molecule has 1 heterocycles. The molecule has 0 aromatic heterocycles. The smallest absolute Gasteiger partial charge is 0.130 e. The van der Waals surface area contributed by atoms with Crippen molar-refractivity contribution in [2.75, 3.05) is 20.1 Å². The summed E-state index contributed by atoms with van der Waals surface area (Å²) in [6.07, 6.45) is 2.68. The zero-order valence-corrected chi connectivity index (χ0v) is 10.2. The van der Waals surface area contributed by atoms with Gasteiger partial charge in [-0.05, 0) is 18.4 Å². The van der Waals surface area contributed by atoms with Gasteiger partial charge in [0.1, 0.15) is 5.84 Å². The van der Waals surface area contributed by atoms with E-state index in [0.29, 0.717) is 0 Å². The van der Waals surface area contributed by atoms with Gasteiger partial charge < -0.3 is 10.0 Å². The third kappa shape index (κ3) is 2.20. The van der Waals surface area contributed by atoms with Gasteiger partial charge in [0, 0.05) is 25.6 Å². The van der Waals surface area contributed by atoms with Gasteiger partial charge in [-0.2, -0.15) is 0 Å². The summed E-state index contributed by atoms with van der Waals surface area (Å²) in [6, 6.07) is 8.45. The van der Waals surface area contributed by atoms with Crippen LogP contribution in [0.2, 0.25) is 0 Å². The molecule has 0 saturated heterocycles. The first-order valence-electron chi connectivity index (χ1n) is 6.24. The Morgan fingerprint density at radius 3 is 2.53 bits per heavy atom. The molecular weight excluding hydrogens is 212 g/mol. The van der Waals surface area contributed by atoms with Crippen LogP contribution in [0.3, 0.4) is 0 Å². The van der Waals surface area contributed by atoms with Crippen molar-refractivity contribution < 1.29 is 5.11 Å². The summed E-state index contributed by atoms with van der Waals surface area (Å²) >= 11 is 0. The van der Waals surface area contributed by atoms with Gasteiger partial charge in [0.2, 0.25) is 0 Å². The number of amidine groups is 1. The van der Waals surface area contributed by atoms with Gasteiger partial charge in [0.05, 0.1) is 12.1 Å². The highest BCUT2D eigenvalue weighted by atomic mass is 16.3. The highest BCUT2D eigenvalue weighted by Crippen LogP contribution is 2.38. The fraction of sp³-hybridized carbons (Fsp3) is 0.500. The topological polar surface area (TPSA) is 35.8 Å². The highest BCUT2D eigenvalue weighted by Gasteiger charge is 2.39. The molecule has 0 unspecified atom stereocenters. The molecule has 1 aliphatic heterocycles. The first-order chi connectivity index (χ1) is 8.16. The van der Waals surface area contributed by atoms with Crippen LogP contribution >= 0.6 is 0 Å². The molecule has 1 aliphatic carbocycles. The summed E-state index contributed by atoms with van der Waals surface area (Å²) in [4.78, 5) is 6.68. The molecule has 90 valence electrons. The summed E-state index contributed by atoms with van der Waals surface area (Å²) in [7, 11) is 2.08. The van der Waals surface area contributed by atoms with E-state index in [1.165, 1.54) is 11.1 Å². The van der Waals surface area contributed by atoms with E-state index in [0.717, 1.165) is 38.2 Å². The molecule has 2 aliphatic rings. The van der Waals surface area contributed by atoms with E-state index >= 15 is 0 Å². The second-order valence-corrected chi connectivity index (χ2v) is 5.22. The SMILES string of the molecule is CN1CCN=C1c1ccc(CC2(O)CC2)cc1. The lowest BCUT2D eigenvalue weighted by Crippen LogP contribution is -2.23. The third-order valence-corrected chi connectivity index (χ3v) is 3.63. The molecular formula is C14H18N2O. The van der Waals surface area contributed by atoms with E-state index in [2.05, 4.69) is 41.2 Å². The molecule has 3 heteroatoms. The van der Waals surface area contributed by atoms with Crippen LogP contribution in [-0.4, -0.2) is 41.6 Å². The molecule has 3 rings (SSSR count). The Kier molecular flexibility index (Phi) is 2.44. The molecule has 1 N–H and O–H groups in total. The molecule has 0 amide bonds. The number of aliphatic hydroxyl groups is 1. The predicted octanol–water partition coefficient (Wildman–Crippen LogP) is 1.45. The molecule has 0 bridgehead atoms. The van der Waals surface area contributed by atoms with Crippen molar-refractivity contribution in [3.63, 3.8) is 0 Å².